The van der Waals surface area contributed by atoms with Crippen LogP contribution in [0.25, 0.3) is 0 Å². The van der Waals surface area contributed by atoms with E-state index in [0.717, 1.165) is 17.3 Å². The molecule has 2 rings (SSSR count). The summed E-state index contributed by atoms with van der Waals surface area (Å²) in [5.41, 5.74) is 7.19. The summed E-state index contributed by atoms with van der Waals surface area (Å²) in [6, 6.07) is 11.4. The molecular weight excluding hydrogens is 226 g/mol. The maximum Gasteiger partial charge on any atom is 0.130 e. The van der Waals surface area contributed by atoms with Crippen LogP contribution in [0.1, 0.15) is 13.8 Å². The summed E-state index contributed by atoms with van der Waals surface area (Å²) in [7, 11) is 0. The van der Waals surface area contributed by atoms with Crippen molar-refractivity contribution in [3.63, 3.8) is 0 Å². The number of hydrogen-bond donors (Lipinski definition) is 2. The Kier molecular flexibility index (Phi) is 3.67. The largest absolute Gasteiger partial charge is 0.491 e. The van der Waals surface area contributed by atoms with E-state index in [9.17, 15) is 0 Å². The highest BCUT2D eigenvalue weighted by Crippen LogP contribution is 2.19. The lowest BCUT2D eigenvalue weighted by atomic mass is 10.3. The van der Waals surface area contributed by atoms with Crippen LogP contribution in [0.4, 0.5) is 17.2 Å². The Morgan fingerprint density at radius 2 is 1.83 bits per heavy atom. The van der Waals surface area contributed by atoms with Crippen LogP contribution >= 0.6 is 0 Å². The summed E-state index contributed by atoms with van der Waals surface area (Å²) in [5.74, 6) is 1.63. The molecule has 0 atom stereocenters. The number of nitrogen functional groups attached to an aromatic ring is 1. The number of nitrogens with two attached hydrogens (primary N) is 1. The van der Waals surface area contributed by atoms with Gasteiger partial charge in [0, 0.05) is 5.69 Å². The van der Waals surface area contributed by atoms with E-state index in [0.29, 0.717) is 5.69 Å². The molecule has 0 unspecified atom stereocenters. The van der Waals surface area contributed by atoms with Gasteiger partial charge in [-0.25, -0.2) is 4.98 Å². The molecule has 0 fully saturated rings. The quantitative estimate of drug-likeness (QED) is 0.865. The van der Waals surface area contributed by atoms with E-state index in [4.69, 9.17) is 10.5 Å². The summed E-state index contributed by atoms with van der Waals surface area (Å²) in [6.07, 6.45) is 1.81. The fourth-order valence-electron chi connectivity index (χ4n) is 1.52. The Bertz CT molecular complexity index is 491. The average molecular weight is 243 g/mol. The number of aromatic nitrogens is 1. The van der Waals surface area contributed by atoms with Gasteiger partial charge in [0.1, 0.15) is 11.6 Å². The van der Waals surface area contributed by atoms with Crippen molar-refractivity contribution in [2.45, 2.75) is 20.0 Å². The van der Waals surface area contributed by atoms with Gasteiger partial charge in [-0.2, -0.15) is 0 Å². The van der Waals surface area contributed by atoms with Gasteiger partial charge in [-0.1, -0.05) is 0 Å². The number of benzene rings is 1. The first-order valence-electron chi connectivity index (χ1n) is 5.89. The van der Waals surface area contributed by atoms with Gasteiger partial charge in [0.25, 0.3) is 0 Å². The number of nitrogens with zero attached hydrogens (tertiary/aromatic N) is 1. The summed E-state index contributed by atoms with van der Waals surface area (Å²) in [6.45, 7) is 4.01. The van der Waals surface area contributed by atoms with Crippen LogP contribution in [0.5, 0.6) is 5.75 Å². The van der Waals surface area contributed by atoms with E-state index in [2.05, 4.69) is 10.3 Å². The molecular formula is C14H17N3O. The summed E-state index contributed by atoms with van der Waals surface area (Å²) in [5, 5.41) is 3.19. The molecule has 2 aromatic rings. The molecule has 94 valence electrons. The van der Waals surface area contributed by atoms with Crippen LogP contribution in [-0.4, -0.2) is 11.1 Å². The normalized spacial score (nSPS) is 10.4. The standard InChI is InChI=1S/C14H17N3O/c1-10(2)18-13-6-4-12(5-7-13)17-14-8-3-11(15)9-16-14/h3-10H,15H2,1-2H3,(H,16,17). The molecule has 0 spiro atoms. The first-order chi connectivity index (χ1) is 8.63. The molecule has 0 saturated heterocycles. The lowest BCUT2D eigenvalue weighted by Crippen LogP contribution is -2.05. The molecule has 18 heavy (non-hydrogen) atoms. The molecule has 0 saturated carbocycles. The Morgan fingerprint density at radius 1 is 1.11 bits per heavy atom. The van der Waals surface area contributed by atoms with Crippen molar-refractivity contribution < 1.29 is 4.74 Å². The second-order valence-corrected chi connectivity index (χ2v) is 4.29. The third-order valence-electron chi connectivity index (χ3n) is 2.28. The third kappa shape index (κ3) is 3.38. The second-order valence-electron chi connectivity index (χ2n) is 4.29. The molecule has 1 aromatic carbocycles. The average Bonchev–Trinajstić information content (AvgIpc) is 2.34. The van der Waals surface area contributed by atoms with Crippen molar-refractivity contribution in [1.82, 2.24) is 4.98 Å². The lowest BCUT2D eigenvalue weighted by molar-refractivity contribution is 0.242. The van der Waals surface area contributed by atoms with Gasteiger partial charge < -0.3 is 15.8 Å². The van der Waals surface area contributed by atoms with Gasteiger partial charge in [-0.15, -0.1) is 0 Å². The van der Waals surface area contributed by atoms with Crippen LogP contribution < -0.4 is 15.8 Å². The number of anilines is 3. The highest BCUT2D eigenvalue weighted by molar-refractivity contribution is 5.58. The second kappa shape index (κ2) is 5.40. The van der Waals surface area contributed by atoms with Crippen molar-refractivity contribution in [2.75, 3.05) is 11.1 Å². The predicted molar refractivity (Wildman–Crippen MR) is 74.1 cm³/mol. The SMILES string of the molecule is CC(C)Oc1ccc(Nc2ccc(N)cn2)cc1. The van der Waals surface area contributed by atoms with Gasteiger partial charge in [0.05, 0.1) is 18.0 Å². The first kappa shape index (κ1) is 12.2. The van der Waals surface area contributed by atoms with Crippen LogP contribution in [-0.2, 0) is 0 Å². The Hall–Kier alpha value is -2.23. The van der Waals surface area contributed by atoms with E-state index in [-0.39, 0.29) is 6.10 Å². The number of pyridine rings is 1. The number of hydrogen-bond acceptors (Lipinski definition) is 4. The smallest absolute Gasteiger partial charge is 0.130 e. The Labute approximate surface area is 107 Å². The molecule has 1 heterocycles. The van der Waals surface area contributed by atoms with Gasteiger partial charge in [0.2, 0.25) is 0 Å². The third-order valence-corrected chi connectivity index (χ3v) is 2.28. The Balaban J connectivity index is 2.04. The molecule has 3 N–H and O–H groups in total. The minimum absolute atomic E-state index is 0.183. The van der Waals surface area contributed by atoms with Crippen molar-refractivity contribution >= 4 is 17.2 Å². The fraction of sp³-hybridized carbons (Fsp3) is 0.214. The van der Waals surface area contributed by atoms with Gasteiger partial charge in [0.15, 0.2) is 0 Å². The van der Waals surface area contributed by atoms with E-state index in [1.807, 2.05) is 50.2 Å². The minimum Gasteiger partial charge on any atom is -0.491 e. The minimum atomic E-state index is 0.183. The molecule has 0 bridgehead atoms. The lowest BCUT2D eigenvalue weighted by Gasteiger charge is -2.10. The highest BCUT2D eigenvalue weighted by atomic mass is 16.5. The summed E-state index contributed by atoms with van der Waals surface area (Å²) >= 11 is 0. The summed E-state index contributed by atoms with van der Waals surface area (Å²) in [4.78, 5) is 4.18. The van der Waals surface area contributed by atoms with Crippen molar-refractivity contribution in [1.29, 1.82) is 0 Å². The van der Waals surface area contributed by atoms with E-state index < -0.39 is 0 Å². The van der Waals surface area contributed by atoms with Crippen LogP contribution in [0.2, 0.25) is 0 Å². The zero-order chi connectivity index (χ0) is 13.0. The van der Waals surface area contributed by atoms with Crippen molar-refractivity contribution in [2.24, 2.45) is 0 Å². The molecule has 0 aliphatic carbocycles. The maximum absolute atomic E-state index is 5.58. The number of ether oxygens (including phenoxy) is 1. The monoisotopic (exact) mass is 243 g/mol. The summed E-state index contributed by atoms with van der Waals surface area (Å²) < 4.78 is 5.58. The van der Waals surface area contributed by atoms with Gasteiger partial charge in [-0.3, -0.25) is 0 Å². The van der Waals surface area contributed by atoms with Crippen molar-refractivity contribution in [3.8, 4) is 5.75 Å². The Morgan fingerprint density at radius 3 is 2.39 bits per heavy atom. The number of rotatable bonds is 4. The van der Waals surface area contributed by atoms with E-state index >= 15 is 0 Å². The predicted octanol–water partition coefficient (Wildman–Crippen LogP) is 3.19. The van der Waals surface area contributed by atoms with Crippen LogP contribution in [0.3, 0.4) is 0 Å². The van der Waals surface area contributed by atoms with Crippen LogP contribution in [0.15, 0.2) is 42.6 Å². The molecule has 1 aromatic heterocycles. The molecule has 0 aliphatic heterocycles. The zero-order valence-corrected chi connectivity index (χ0v) is 10.6. The molecule has 4 heteroatoms. The van der Waals surface area contributed by atoms with Crippen LogP contribution in [0, 0.1) is 0 Å². The molecule has 0 radical (unpaired) electrons. The number of nitrogens with one attached hydrogen (secondary N) is 1. The van der Waals surface area contributed by atoms with Gasteiger partial charge in [-0.05, 0) is 50.2 Å². The molecule has 4 nitrogen and oxygen atoms in total. The maximum atomic E-state index is 5.58. The molecule has 0 amide bonds. The molecule has 0 aliphatic rings. The van der Waals surface area contributed by atoms with Gasteiger partial charge >= 0.3 is 0 Å². The zero-order valence-electron chi connectivity index (χ0n) is 10.6. The highest BCUT2D eigenvalue weighted by Gasteiger charge is 1.99. The van der Waals surface area contributed by atoms with E-state index in [1.165, 1.54) is 0 Å². The topological polar surface area (TPSA) is 60.2 Å². The fourth-order valence-corrected chi connectivity index (χ4v) is 1.52. The van der Waals surface area contributed by atoms with E-state index in [1.54, 1.807) is 6.20 Å². The van der Waals surface area contributed by atoms with Crippen molar-refractivity contribution in [3.05, 3.63) is 42.6 Å². The first-order valence-corrected chi connectivity index (χ1v) is 5.89.